The van der Waals surface area contributed by atoms with Crippen LogP contribution in [0.3, 0.4) is 0 Å². The zero-order valence-corrected chi connectivity index (χ0v) is 13.6. The fourth-order valence-corrected chi connectivity index (χ4v) is 2.87. The van der Waals surface area contributed by atoms with E-state index in [0.29, 0.717) is 36.8 Å². The smallest absolute Gasteiger partial charge is 0.229 e. The lowest BCUT2D eigenvalue weighted by Crippen LogP contribution is -2.50. The molecule has 0 unspecified atom stereocenters. The van der Waals surface area contributed by atoms with Gasteiger partial charge in [-0.1, -0.05) is 35.5 Å². The van der Waals surface area contributed by atoms with Crippen molar-refractivity contribution in [2.75, 3.05) is 19.8 Å². The Balaban J connectivity index is 1.66. The van der Waals surface area contributed by atoms with Crippen LogP contribution in [0.4, 0.5) is 0 Å². The van der Waals surface area contributed by atoms with E-state index in [4.69, 9.17) is 9.26 Å². The van der Waals surface area contributed by atoms with Crippen molar-refractivity contribution in [2.24, 2.45) is 0 Å². The van der Waals surface area contributed by atoms with Crippen LogP contribution in [0, 0.1) is 6.92 Å². The third-order valence-corrected chi connectivity index (χ3v) is 4.07. The molecule has 1 saturated heterocycles. The maximum atomic E-state index is 12.6. The van der Waals surface area contributed by atoms with Gasteiger partial charge in [-0.3, -0.25) is 9.59 Å². The predicted octanol–water partition coefficient (Wildman–Crippen LogP) is 2.03. The molecule has 0 bridgehead atoms. The average molecular weight is 328 g/mol. The summed E-state index contributed by atoms with van der Waals surface area (Å²) in [5, 5.41) is 3.86. The first-order valence-corrected chi connectivity index (χ1v) is 8.01. The Hall–Kier alpha value is -2.47. The van der Waals surface area contributed by atoms with E-state index >= 15 is 0 Å². The summed E-state index contributed by atoms with van der Waals surface area (Å²) in [6.45, 7) is 3.14. The van der Waals surface area contributed by atoms with Gasteiger partial charge in [-0.2, -0.15) is 0 Å². The van der Waals surface area contributed by atoms with Crippen molar-refractivity contribution >= 4 is 11.7 Å². The molecule has 1 aliphatic heterocycles. The number of Topliss-reactive ketones (excluding diaryl/α,β-unsaturated/α-hetero) is 1. The SMILES string of the molecule is Cc1cc(CC(=O)N2CCOC[C@@H]2CC(=O)c2ccccc2)no1. The predicted molar refractivity (Wildman–Crippen MR) is 86.7 cm³/mol. The maximum absolute atomic E-state index is 12.6. The summed E-state index contributed by atoms with van der Waals surface area (Å²) in [6.07, 6.45) is 0.432. The van der Waals surface area contributed by atoms with Crippen LogP contribution >= 0.6 is 0 Å². The second-order valence-electron chi connectivity index (χ2n) is 5.91. The van der Waals surface area contributed by atoms with Crippen molar-refractivity contribution in [1.82, 2.24) is 10.1 Å². The molecule has 1 aromatic heterocycles. The molecule has 1 atom stereocenters. The third-order valence-electron chi connectivity index (χ3n) is 4.07. The van der Waals surface area contributed by atoms with Crippen LogP contribution in [0.25, 0.3) is 0 Å². The van der Waals surface area contributed by atoms with Crippen LogP contribution in [0.5, 0.6) is 0 Å². The number of carbonyl (C=O) groups excluding carboxylic acids is 2. The van der Waals surface area contributed by atoms with Gasteiger partial charge in [0.15, 0.2) is 5.78 Å². The van der Waals surface area contributed by atoms with E-state index in [0.717, 1.165) is 0 Å². The Labute approximate surface area is 140 Å². The molecule has 1 aliphatic rings. The van der Waals surface area contributed by atoms with Gasteiger partial charge in [-0.15, -0.1) is 0 Å². The molecule has 0 radical (unpaired) electrons. The number of hydrogen-bond donors (Lipinski definition) is 0. The van der Waals surface area contributed by atoms with Gasteiger partial charge < -0.3 is 14.2 Å². The molecular formula is C18H20N2O4. The minimum absolute atomic E-state index is 0.0150. The summed E-state index contributed by atoms with van der Waals surface area (Å²) in [7, 11) is 0. The Morgan fingerprint density at radius 2 is 2.08 bits per heavy atom. The molecule has 0 N–H and O–H groups in total. The fraction of sp³-hybridized carbons (Fsp3) is 0.389. The average Bonchev–Trinajstić information content (AvgIpc) is 3.01. The van der Waals surface area contributed by atoms with Gasteiger partial charge in [0, 0.05) is 24.6 Å². The van der Waals surface area contributed by atoms with Gasteiger partial charge >= 0.3 is 0 Å². The van der Waals surface area contributed by atoms with Gasteiger partial charge in [0.2, 0.25) is 5.91 Å². The Morgan fingerprint density at radius 3 is 2.79 bits per heavy atom. The van der Waals surface area contributed by atoms with E-state index in [1.807, 2.05) is 18.2 Å². The highest BCUT2D eigenvalue weighted by molar-refractivity contribution is 5.96. The van der Waals surface area contributed by atoms with Crippen molar-refractivity contribution in [3.05, 3.63) is 53.4 Å². The summed E-state index contributed by atoms with van der Waals surface area (Å²) in [4.78, 5) is 26.7. The first kappa shape index (κ1) is 16.4. The molecule has 0 spiro atoms. The molecule has 126 valence electrons. The number of ketones is 1. The summed E-state index contributed by atoms with van der Waals surface area (Å²) < 4.78 is 10.5. The first-order valence-electron chi connectivity index (χ1n) is 8.01. The summed E-state index contributed by atoms with van der Waals surface area (Å²) in [6, 6.07) is 10.6. The normalized spacial score (nSPS) is 17.7. The van der Waals surface area contributed by atoms with Crippen molar-refractivity contribution in [1.29, 1.82) is 0 Å². The van der Waals surface area contributed by atoms with E-state index in [1.165, 1.54) is 0 Å². The molecule has 6 heteroatoms. The minimum Gasteiger partial charge on any atom is -0.377 e. The molecule has 24 heavy (non-hydrogen) atoms. The highest BCUT2D eigenvalue weighted by atomic mass is 16.5. The van der Waals surface area contributed by atoms with Gasteiger partial charge in [-0.25, -0.2) is 0 Å². The molecular weight excluding hydrogens is 308 g/mol. The number of amides is 1. The number of carbonyl (C=O) groups is 2. The van der Waals surface area contributed by atoms with Crippen LogP contribution < -0.4 is 0 Å². The van der Waals surface area contributed by atoms with Crippen LogP contribution in [-0.4, -0.2) is 47.5 Å². The van der Waals surface area contributed by atoms with Crippen LogP contribution in [0.1, 0.15) is 28.2 Å². The maximum Gasteiger partial charge on any atom is 0.229 e. The van der Waals surface area contributed by atoms with Crippen LogP contribution in [0.2, 0.25) is 0 Å². The number of benzene rings is 1. The van der Waals surface area contributed by atoms with Gasteiger partial charge in [-0.05, 0) is 6.92 Å². The van der Waals surface area contributed by atoms with Gasteiger partial charge in [0.1, 0.15) is 5.76 Å². The fourth-order valence-electron chi connectivity index (χ4n) is 2.87. The Morgan fingerprint density at radius 1 is 1.29 bits per heavy atom. The first-order chi connectivity index (χ1) is 11.6. The highest BCUT2D eigenvalue weighted by Crippen LogP contribution is 2.16. The number of morpholine rings is 1. The summed E-state index contributed by atoms with van der Waals surface area (Å²) in [5.41, 5.74) is 1.26. The lowest BCUT2D eigenvalue weighted by Gasteiger charge is -2.35. The second kappa shape index (κ2) is 7.40. The largest absolute Gasteiger partial charge is 0.377 e. The van der Waals surface area contributed by atoms with Crippen LogP contribution in [0.15, 0.2) is 40.9 Å². The second-order valence-corrected chi connectivity index (χ2v) is 5.91. The number of aromatic nitrogens is 1. The summed E-state index contributed by atoms with van der Waals surface area (Å²) in [5.74, 6) is 0.634. The van der Waals surface area contributed by atoms with E-state index in [9.17, 15) is 9.59 Å². The number of hydrogen-bond acceptors (Lipinski definition) is 5. The standard InChI is InChI=1S/C18H20N2O4/c1-13-9-15(19-24-13)10-18(22)20-7-8-23-12-16(20)11-17(21)14-5-3-2-4-6-14/h2-6,9,16H,7-8,10-12H2,1H3/t16-/m0/s1. The van der Waals surface area contributed by atoms with E-state index < -0.39 is 0 Å². The van der Waals surface area contributed by atoms with Crippen molar-refractivity contribution < 1.29 is 18.8 Å². The van der Waals surface area contributed by atoms with Crippen molar-refractivity contribution in [3.8, 4) is 0 Å². The van der Waals surface area contributed by atoms with Crippen molar-refractivity contribution in [3.63, 3.8) is 0 Å². The summed E-state index contributed by atoms with van der Waals surface area (Å²) >= 11 is 0. The molecule has 6 nitrogen and oxygen atoms in total. The molecule has 3 rings (SSSR count). The minimum atomic E-state index is -0.244. The van der Waals surface area contributed by atoms with Crippen molar-refractivity contribution in [2.45, 2.75) is 25.8 Å². The van der Waals surface area contributed by atoms with E-state index in [-0.39, 0.29) is 30.6 Å². The molecule has 2 heterocycles. The van der Waals surface area contributed by atoms with E-state index in [1.54, 1.807) is 30.0 Å². The molecule has 2 aromatic rings. The van der Waals surface area contributed by atoms with Crippen LogP contribution in [-0.2, 0) is 16.0 Å². The number of ether oxygens (including phenoxy) is 1. The van der Waals surface area contributed by atoms with Gasteiger partial charge in [0.05, 0.1) is 31.4 Å². The molecule has 1 aromatic carbocycles. The quantitative estimate of drug-likeness (QED) is 0.785. The highest BCUT2D eigenvalue weighted by Gasteiger charge is 2.29. The number of aryl methyl sites for hydroxylation is 1. The molecule has 1 fully saturated rings. The Kier molecular flexibility index (Phi) is 5.05. The Bertz CT molecular complexity index is 711. The molecule has 0 aliphatic carbocycles. The molecule has 0 saturated carbocycles. The lowest BCUT2D eigenvalue weighted by molar-refractivity contribution is -0.139. The zero-order chi connectivity index (χ0) is 16.9. The number of rotatable bonds is 5. The number of nitrogens with zero attached hydrogens (tertiary/aromatic N) is 2. The monoisotopic (exact) mass is 328 g/mol. The molecule has 1 amide bonds. The van der Waals surface area contributed by atoms with Gasteiger partial charge in [0.25, 0.3) is 0 Å². The topological polar surface area (TPSA) is 72.6 Å². The van der Waals surface area contributed by atoms with E-state index in [2.05, 4.69) is 5.16 Å². The lowest BCUT2D eigenvalue weighted by atomic mass is 10.0. The zero-order valence-electron chi connectivity index (χ0n) is 13.6. The third kappa shape index (κ3) is 3.89.